The maximum Gasteiger partial charge on any atom is 0.269 e. The van der Waals surface area contributed by atoms with Gasteiger partial charge >= 0.3 is 0 Å². The average Bonchev–Trinajstić information content (AvgIpc) is 3.21. The molecule has 9 heteroatoms. The minimum Gasteiger partial charge on any atom is -0.378 e. The molecule has 0 unspecified atom stereocenters. The van der Waals surface area contributed by atoms with Crippen LogP contribution in [0.2, 0.25) is 0 Å². The minimum atomic E-state index is -3.78. The molecule has 7 nitrogen and oxygen atoms in total. The Morgan fingerprint density at radius 3 is 2.50 bits per heavy atom. The van der Waals surface area contributed by atoms with Crippen LogP contribution < -0.4 is 0 Å². The topological polar surface area (TPSA) is 81.5 Å². The number of pyridine rings is 1. The lowest BCUT2D eigenvalue weighted by Gasteiger charge is -2.27. The maximum atomic E-state index is 13.3. The van der Waals surface area contributed by atoms with Gasteiger partial charge in [0, 0.05) is 45.6 Å². The largest absolute Gasteiger partial charge is 0.378 e. The number of ether oxygens (including phenoxy) is 1. The van der Waals surface area contributed by atoms with E-state index in [-0.39, 0.29) is 10.8 Å². The third-order valence-corrected chi connectivity index (χ3v) is 8.41. The average molecular weight is 587 g/mol. The highest BCUT2D eigenvalue weighted by Crippen LogP contribution is 2.30. The van der Waals surface area contributed by atoms with Gasteiger partial charge in [0.2, 0.25) is 0 Å². The van der Waals surface area contributed by atoms with Gasteiger partial charge in [0.05, 0.1) is 18.1 Å². The van der Waals surface area contributed by atoms with Gasteiger partial charge in [-0.1, -0.05) is 29.8 Å². The first-order valence-electron chi connectivity index (χ1n) is 10.8. The van der Waals surface area contributed by atoms with Gasteiger partial charge in [-0.05, 0) is 65.4 Å². The number of morpholine rings is 1. The van der Waals surface area contributed by atoms with Crippen LogP contribution in [0, 0.1) is 10.5 Å². The van der Waals surface area contributed by atoms with Crippen molar-refractivity contribution in [3.05, 3.63) is 81.7 Å². The fraction of sp³-hybridized carbons (Fsp3) is 0.200. The van der Waals surface area contributed by atoms with E-state index in [2.05, 4.69) is 27.6 Å². The molecule has 3 heterocycles. The smallest absolute Gasteiger partial charge is 0.269 e. The summed E-state index contributed by atoms with van der Waals surface area (Å²) in [6, 6.07) is 16.1. The highest BCUT2D eigenvalue weighted by molar-refractivity contribution is 14.1. The van der Waals surface area contributed by atoms with Crippen LogP contribution in [0.3, 0.4) is 0 Å². The summed E-state index contributed by atoms with van der Waals surface area (Å²) < 4.78 is 33.9. The number of nitrogens with zero attached hydrogens (tertiary/aromatic N) is 3. The molecule has 0 aliphatic carbocycles. The van der Waals surface area contributed by atoms with E-state index in [9.17, 15) is 13.2 Å². The maximum absolute atomic E-state index is 13.3. The molecule has 1 aliphatic heterocycles. The number of aromatic nitrogens is 2. The molecule has 0 radical (unpaired) electrons. The predicted octanol–water partition coefficient (Wildman–Crippen LogP) is 4.33. The molecule has 2 aromatic heterocycles. The number of hydrogen-bond donors (Lipinski definition) is 0. The zero-order chi connectivity index (χ0) is 23.9. The Morgan fingerprint density at radius 2 is 1.76 bits per heavy atom. The van der Waals surface area contributed by atoms with Crippen molar-refractivity contribution in [2.45, 2.75) is 11.8 Å². The summed E-state index contributed by atoms with van der Waals surface area (Å²) in [6.07, 6.45) is 3.24. The number of benzene rings is 2. The summed E-state index contributed by atoms with van der Waals surface area (Å²) in [4.78, 5) is 19.4. The van der Waals surface area contributed by atoms with E-state index in [1.165, 1.54) is 3.97 Å². The Balaban J connectivity index is 1.52. The number of fused-ring (bicyclic) bond motifs is 1. The van der Waals surface area contributed by atoms with E-state index in [4.69, 9.17) is 4.74 Å². The van der Waals surface area contributed by atoms with Crippen LogP contribution in [-0.4, -0.2) is 54.5 Å². The van der Waals surface area contributed by atoms with Crippen molar-refractivity contribution in [1.29, 1.82) is 0 Å². The van der Waals surface area contributed by atoms with Gasteiger partial charge in [0.1, 0.15) is 0 Å². The van der Waals surface area contributed by atoms with Gasteiger partial charge in [-0.15, -0.1) is 0 Å². The molecule has 0 N–H and O–H groups in total. The number of halogens is 1. The number of carbonyl (C=O) groups is 1. The van der Waals surface area contributed by atoms with Crippen LogP contribution >= 0.6 is 22.6 Å². The van der Waals surface area contributed by atoms with Crippen LogP contribution in [-0.2, 0) is 14.8 Å². The zero-order valence-corrected chi connectivity index (χ0v) is 21.4. The molecule has 1 amide bonds. The summed E-state index contributed by atoms with van der Waals surface area (Å²) in [5.41, 5.74) is 3.62. The molecule has 1 saturated heterocycles. The predicted molar refractivity (Wildman–Crippen MR) is 138 cm³/mol. The Morgan fingerprint density at radius 1 is 1.03 bits per heavy atom. The molecule has 1 aliphatic rings. The zero-order valence-electron chi connectivity index (χ0n) is 18.4. The molecule has 4 aromatic rings. The fourth-order valence-corrected chi connectivity index (χ4v) is 6.18. The monoisotopic (exact) mass is 587 g/mol. The molecule has 34 heavy (non-hydrogen) atoms. The SMILES string of the molecule is Cc1ccc(S(=O)(=O)n2cc(I)c3cc(-c4cccc(C(=O)N5CCOCC5)c4)cnc32)cc1. The van der Waals surface area contributed by atoms with Gasteiger partial charge in [0.15, 0.2) is 5.65 Å². The Kier molecular flexibility index (Phi) is 6.17. The second-order valence-corrected chi connectivity index (χ2v) is 11.1. The molecular formula is C25H22IN3O4S. The van der Waals surface area contributed by atoms with Gasteiger partial charge in [-0.2, -0.15) is 0 Å². The lowest BCUT2D eigenvalue weighted by molar-refractivity contribution is 0.0303. The first-order valence-corrected chi connectivity index (χ1v) is 13.3. The van der Waals surface area contributed by atoms with Crippen molar-refractivity contribution in [2.75, 3.05) is 26.3 Å². The highest BCUT2D eigenvalue weighted by Gasteiger charge is 2.23. The van der Waals surface area contributed by atoms with E-state index in [0.29, 0.717) is 37.5 Å². The molecule has 0 bridgehead atoms. The molecule has 2 aromatic carbocycles. The van der Waals surface area contributed by atoms with Crippen LogP contribution in [0.25, 0.3) is 22.2 Å². The van der Waals surface area contributed by atoms with Crippen LogP contribution in [0.1, 0.15) is 15.9 Å². The molecular weight excluding hydrogens is 565 g/mol. The van der Waals surface area contributed by atoms with E-state index in [0.717, 1.165) is 25.6 Å². The third-order valence-electron chi connectivity index (χ3n) is 5.88. The van der Waals surface area contributed by atoms with Crippen molar-refractivity contribution in [1.82, 2.24) is 13.9 Å². The highest BCUT2D eigenvalue weighted by atomic mass is 127. The lowest BCUT2D eigenvalue weighted by atomic mass is 10.0. The van der Waals surface area contributed by atoms with Crippen LogP contribution in [0.15, 0.2) is 71.9 Å². The summed E-state index contributed by atoms with van der Waals surface area (Å²) in [5.74, 6) is -0.0240. The molecule has 0 spiro atoms. The number of rotatable bonds is 4. The Hall–Kier alpha value is -2.76. The first kappa shape index (κ1) is 23.0. The summed E-state index contributed by atoms with van der Waals surface area (Å²) >= 11 is 2.13. The molecule has 0 atom stereocenters. The lowest BCUT2D eigenvalue weighted by Crippen LogP contribution is -2.40. The Labute approximate surface area is 211 Å². The number of carbonyl (C=O) groups excluding carboxylic acids is 1. The summed E-state index contributed by atoms with van der Waals surface area (Å²) in [6.45, 7) is 4.17. The van der Waals surface area contributed by atoms with Gasteiger partial charge in [-0.3, -0.25) is 4.79 Å². The summed E-state index contributed by atoms with van der Waals surface area (Å²) in [5, 5.41) is 0.735. The van der Waals surface area contributed by atoms with Crippen molar-refractivity contribution in [3.63, 3.8) is 0 Å². The van der Waals surface area contributed by atoms with E-state index >= 15 is 0 Å². The van der Waals surface area contributed by atoms with Crippen molar-refractivity contribution >= 4 is 49.6 Å². The van der Waals surface area contributed by atoms with E-state index in [1.54, 1.807) is 41.6 Å². The summed E-state index contributed by atoms with van der Waals surface area (Å²) in [7, 11) is -3.78. The molecule has 0 saturated carbocycles. The quantitative estimate of drug-likeness (QED) is 0.333. The second kappa shape index (κ2) is 9.12. The minimum absolute atomic E-state index is 0.0240. The number of hydrogen-bond acceptors (Lipinski definition) is 5. The molecule has 1 fully saturated rings. The first-order chi connectivity index (χ1) is 16.3. The molecule has 174 valence electrons. The van der Waals surface area contributed by atoms with Gasteiger partial charge in [0.25, 0.3) is 15.9 Å². The standard InChI is InChI=1S/C25H22IN3O4S/c1-17-5-7-21(8-6-17)34(31,32)29-16-23(26)22-14-20(15-27-24(22)29)18-3-2-4-19(13-18)25(30)28-9-11-33-12-10-28/h2-8,13-16H,9-12H2,1H3. The van der Waals surface area contributed by atoms with Crippen LogP contribution in [0.5, 0.6) is 0 Å². The number of aryl methyl sites for hydroxylation is 1. The van der Waals surface area contributed by atoms with Gasteiger partial charge in [-0.25, -0.2) is 17.4 Å². The van der Waals surface area contributed by atoms with Gasteiger partial charge < -0.3 is 9.64 Å². The normalized spacial score (nSPS) is 14.5. The fourth-order valence-electron chi connectivity index (χ4n) is 3.99. The van der Waals surface area contributed by atoms with Crippen molar-refractivity contribution < 1.29 is 17.9 Å². The second-order valence-electron chi connectivity index (χ2n) is 8.17. The van der Waals surface area contributed by atoms with Crippen molar-refractivity contribution in [3.8, 4) is 11.1 Å². The molecule has 5 rings (SSSR count). The van der Waals surface area contributed by atoms with E-state index in [1.807, 2.05) is 37.3 Å². The van der Waals surface area contributed by atoms with Crippen molar-refractivity contribution in [2.24, 2.45) is 0 Å². The third kappa shape index (κ3) is 4.23. The Bertz CT molecular complexity index is 1490. The van der Waals surface area contributed by atoms with Crippen LogP contribution in [0.4, 0.5) is 0 Å². The van der Waals surface area contributed by atoms with E-state index < -0.39 is 10.0 Å². The number of amides is 1.